The summed E-state index contributed by atoms with van der Waals surface area (Å²) in [7, 11) is 0. The van der Waals surface area contributed by atoms with Crippen molar-refractivity contribution in [3.8, 4) is 11.3 Å². The predicted octanol–water partition coefficient (Wildman–Crippen LogP) is 11.5. The Balaban J connectivity index is 0.988. The van der Waals surface area contributed by atoms with E-state index in [1.807, 2.05) is 11.3 Å². The fourth-order valence-electron chi connectivity index (χ4n) is 13.3. The van der Waals surface area contributed by atoms with Crippen LogP contribution in [0.2, 0.25) is 0 Å². The molecule has 6 aliphatic carbocycles. The Morgan fingerprint density at radius 2 is 1.14 bits per heavy atom. The quantitative estimate of drug-likeness (QED) is 0.228. The van der Waals surface area contributed by atoms with E-state index in [0.29, 0.717) is 5.92 Å². The third kappa shape index (κ3) is 3.90. The van der Waals surface area contributed by atoms with Gasteiger partial charge in [-0.15, -0.1) is 11.3 Å². The van der Waals surface area contributed by atoms with E-state index < -0.39 is 0 Å². The van der Waals surface area contributed by atoms with Gasteiger partial charge in [0.25, 0.3) is 0 Å². The van der Waals surface area contributed by atoms with Gasteiger partial charge < -0.3 is 0 Å². The molecule has 6 fully saturated rings. The van der Waals surface area contributed by atoms with Crippen LogP contribution < -0.4 is 0 Å². The van der Waals surface area contributed by atoms with Crippen molar-refractivity contribution in [3.63, 3.8) is 0 Å². The number of fused-ring (bicyclic) bond motifs is 9. The minimum Gasteiger partial charge on any atom is -0.252 e. The van der Waals surface area contributed by atoms with Gasteiger partial charge in [0.05, 0.1) is 5.69 Å². The molecule has 43 heavy (non-hydrogen) atoms. The molecule has 2 heterocycles. The van der Waals surface area contributed by atoms with Crippen LogP contribution in [0.3, 0.4) is 0 Å². The smallest absolute Gasteiger partial charge is 0.0719 e. The second-order valence-corrected chi connectivity index (χ2v) is 16.9. The zero-order valence-electron chi connectivity index (χ0n) is 25.7. The van der Waals surface area contributed by atoms with Gasteiger partial charge in [0.15, 0.2) is 0 Å². The Bertz CT molecular complexity index is 1670. The summed E-state index contributed by atoms with van der Waals surface area (Å²) in [4.78, 5) is 5.51. The first-order valence-electron chi connectivity index (χ1n) is 18.2. The average Bonchev–Trinajstić information content (AvgIpc) is 3.47. The standard InChI is InChI=1S/C41H47NS/c1-2-10-26-25(9-1)29-12-5-14-31-27-22-21-24(23-35(27)32-15-6-13-30(26)40(32)39(29)31)36-18-8-19-37(42-36)34-17-7-16-33-28-11-3-4-20-38(28)43-41(33)34/h3-4,7-8,11,16-20,24-27,29-32,35,39-40H,1-2,5-6,9-10,12-15,21-23H2. The lowest BCUT2D eigenvalue weighted by atomic mass is 9.37. The molecule has 11 atom stereocenters. The Labute approximate surface area is 261 Å². The maximum Gasteiger partial charge on any atom is 0.0719 e. The first kappa shape index (κ1) is 26.1. The molecule has 11 unspecified atom stereocenters. The fourth-order valence-corrected chi connectivity index (χ4v) is 14.5. The molecule has 2 aromatic carbocycles. The summed E-state index contributed by atoms with van der Waals surface area (Å²) in [5, 5.41) is 2.76. The van der Waals surface area contributed by atoms with E-state index in [1.54, 1.807) is 38.5 Å². The average molecular weight is 586 g/mol. The van der Waals surface area contributed by atoms with E-state index in [-0.39, 0.29) is 0 Å². The van der Waals surface area contributed by atoms with Gasteiger partial charge >= 0.3 is 0 Å². The van der Waals surface area contributed by atoms with Crippen molar-refractivity contribution < 1.29 is 0 Å². The van der Waals surface area contributed by atoms with Crippen LogP contribution in [0.25, 0.3) is 31.4 Å². The van der Waals surface area contributed by atoms with Gasteiger partial charge in [-0.1, -0.05) is 68.1 Å². The lowest BCUT2D eigenvalue weighted by Gasteiger charge is -2.67. The first-order chi connectivity index (χ1) is 21.3. The number of hydrogen-bond acceptors (Lipinski definition) is 2. The van der Waals surface area contributed by atoms with Gasteiger partial charge in [0.2, 0.25) is 0 Å². The summed E-state index contributed by atoms with van der Waals surface area (Å²) in [6.07, 6.45) is 19.8. The van der Waals surface area contributed by atoms with Crippen LogP contribution in [0.5, 0.6) is 0 Å². The summed E-state index contributed by atoms with van der Waals surface area (Å²) in [6, 6.07) is 22.7. The number of thiophene rings is 1. The monoisotopic (exact) mass is 585 g/mol. The highest BCUT2D eigenvalue weighted by Gasteiger charge is 2.62. The molecule has 0 bridgehead atoms. The van der Waals surface area contributed by atoms with Gasteiger partial charge in [-0.3, -0.25) is 4.98 Å². The molecule has 1 nitrogen and oxygen atoms in total. The van der Waals surface area contributed by atoms with E-state index in [1.165, 1.54) is 82.1 Å². The number of hydrogen-bond donors (Lipinski definition) is 0. The molecule has 10 rings (SSSR count). The molecule has 0 amide bonds. The number of aromatic nitrogens is 1. The van der Waals surface area contributed by atoms with E-state index in [2.05, 4.69) is 60.7 Å². The van der Waals surface area contributed by atoms with Gasteiger partial charge in [-0.2, -0.15) is 0 Å². The van der Waals surface area contributed by atoms with Crippen molar-refractivity contribution in [1.29, 1.82) is 0 Å². The highest BCUT2D eigenvalue weighted by Crippen LogP contribution is 2.69. The van der Waals surface area contributed by atoms with Gasteiger partial charge in [0, 0.05) is 37.3 Å². The molecule has 6 saturated carbocycles. The van der Waals surface area contributed by atoms with E-state index in [4.69, 9.17) is 4.98 Å². The third-order valence-corrected chi connectivity index (χ3v) is 15.7. The molecular formula is C41H47NS. The molecule has 2 aromatic heterocycles. The Morgan fingerprint density at radius 3 is 1.91 bits per heavy atom. The molecule has 2 heteroatoms. The Morgan fingerprint density at radius 1 is 0.512 bits per heavy atom. The number of benzene rings is 2. The molecule has 222 valence electrons. The number of pyridine rings is 1. The molecule has 0 N–H and O–H groups in total. The molecule has 0 spiro atoms. The second kappa shape index (κ2) is 10.2. The van der Waals surface area contributed by atoms with Crippen LogP contribution in [-0.2, 0) is 0 Å². The minimum absolute atomic E-state index is 0.644. The van der Waals surface area contributed by atoms with Crippen molar-refractivity contribution >= 4 is 31.5 Å². The Kier molecular flexibility index (Phi) is 6.16. The van der Waals surface area contributed by atoms with Crippen LogP contribution in [0, 0.1) is 59.2 Å². The van der Waals surface area contributed by atoms with Crippen molar-refractivity contribution in [3.05, 3.63) is 66.4 Å². The maximum absolute atomic E-state index is 5.51. The topological polar surface area (TPSA) is 12.9 Å². The minimum atomic E-state index is 0.644. The zero-order valence-corrected chi connectivity index (χ0v) is 26.5. The largest absolute Gasteiger partial charge is 0.252 e. The molecular weight excluding hydrogens is 539 g/mol. The predicted molar refractivity (Wildman–Crippen MR) is 180 cm³/mol. The highest BCUT2D eigenvalue weighted by molar-refractivity contribution is 7.26. The van der Waals surface area contributed by atoms with Crippen LogP contribution in [-0.4, -0.2) is 4.98 Å². The zero-order chi connectivity index (χ0) is 28.1. The van der Waals surface area contributed by atoms with Crippen LogP contribution >= 0.6 is 11.3 Å². The first-order valence-corrected chi connectivity index (χ1v) is 19.0. The third-order valence-electron chi connectivity index (χ3n) is 14.5. The van der Waals surface area contributed by atoms with Gasteiger partial charge in [-0.25, -0.2) is 0 Å². The number of rotatable bonds is 2. The molecule has 0 radical (unpaired) electrons. The number of nitrogens with zero attached hydrogens (tertiary/aromatic N) is 1. The van der Waals surface area contributed by atoms with E-state index in [9.17, 15) is 0 Å². The van der Waals surface area contributed by atoms with Crippen molar-refractivity contribution in [2.45, 2.75) is 89.4 Å². The van der Waals surface area contributed by atoms with Crippen LogP contribution in [0.15, 0.2) is 60.7 Å². The van der Waals surface area contributed by atoms with Crippen LogP contribution in [0.4, 0.5) is 0 Å². The second-order valence-electron chi connectivity index (χ2n) is 15.8. The SMILES string of the molecule is c1cc(-c2cccc3c2sc2ccccc23)nc(C2CCC3C(C2)C2CCCC4C5CCCCC5C5CCCC3C5C42)c1. The van der Waals surface area contributed by atoms with Crippen LogP contribution in [0.1, 0.15) is 95.1 Å². The van der Waals surface area contributed by atoms with Crippen molar-refractivity contribution in [2.24, 2.45) is 59.2 Å². The molecule has 0 aliphatic heterocycles. The van der Waals surface area contributed by atoms with Gasteiger partial charge in [0.1, 0.15) is 0 Å². The lowest BCUT2D eigenvalue weighted by molar-refractivity contribution is -0.188. The maximum atomic E-state index is 5.51. The summed E-state index contributed by atoms with van der Waals surface area (Å²) in [5.41, 5.74) is 3.90. The van der Waals surface area contributed by atoms with Crippen molar-refractivity contribution in [2.75, 3.05) is 0 Å². The van der Waals surface area contributed by atoms with E-state index >= 15 is 0 Å². The summed E-state index contributed by atoms with van der Waals surface area (Å²) in [6.45, 7) is 0. The van der Waals surface area contributed by atoms with E-state index in [0.717, 1.165) is 59.2 Å². The Hall–Kier alpha value is -2.19. The summed E-state index contributed by atoms with van der Waals surface area (Å²) in [5.74, 6) is 11.2. The highest BCUT2D eigenvalue weighted by atomic mass is 32.1. The fraction of sp³-hybridized carbons (Fsp3) is 0.585. The normalized spacial score (nSPS) is 40.0. The summed E-state index contributed by atoms with van der Waals surface area (Å²) >= 11 is 1.94. The van der Waals surface area contributed by atoms with Crippen molar-refractivity contribution in [1.82, 2.24) is 4.98 Å². The van der Waals surface area contributed by atoms with Gasteiger partial charge in [-0.05, 0) is 135 Å². The molecule has 4 aromatic rings. The molecule has 0 saturated heterocycles. The molecule has 6 aliphatic rings. The summed E-state index contributed by atoms with van der Waals surface area (Å²) < 4.78 is 2.78. The lowest BCUT2D eigenvalue weighted by Crippen LogP contribution is -2.61.